The molecule has 1 aliphatic rings. The Bertz CT molecular complexity index is 1040. The fourth-order valence-electron chi connectivity index (χ4n) is 2.95. The number of amides is 1. The van der Waals surface area contributed by atoms with Crippen LogP contribution in [-0.4, -0.2) is 39.8 Å². The number of sulfone groups is 1. The molecule has 7 nitrogen and oxygen atoms in total. The lowest BCUT2D eigenvalue weighted by Crippen LogP contribution is -2.20. The zero-order valence-corrected chi connectivity index (χ0v) is 17.6. The quantitative estimate of drug-likeness (QED) is 0.712. The molecule has 2 aromatic rings. The Labute approximate surface area is 171 Å². The third-order valence-electron chi connectivity index (χ3n) is 4.22. The van der Waals surface area contributed by atoms with Crippen molar-refractivity contribution >= 4 is 49.7 Å². The average molecular weight is 444 g/mol. The first-order valence-corrected chi connectivity index (χ1v) is 11.4. The summed E-state index contributed by atoms with van der Waals surface area (Å²) in [6.07, 6.45) is 0.211. The van der Waals surface area contributed by atoms with Gasteiger partial charge in [0.25, 0.3) is 5.91 Å². The maximum absolute atomic E-state index is 12.8. The van der Waals surface area contributed by atoms with Crippen LogP contribution in [0.15, 0.2) is 18.2 Å². The number of rotatable bonds is 5. The Hall–Kier alpha value is -2.10. The molecule has 150 valence electrons. The van der Waals surface area contributed by atoms with Gasteiger partial charge in [-0.2, -0.15) is 0 Å². The number of carbonyl (C=O) groups excluding carboxylic acids is 2. The topological polar surface area (TPSA) is 98.8 Å². The summed E-state index contributed by atoms with van der Waals surface area (Å²) in [5.74, 6) is -0.995. The van der Waals surface area contributed by atoms with Gasteiger partial charge in [-0.05, 0) is 37.1 Å². The molecule has 28 heavy (non-hydrogen) atoms. The van der Waals surface area contributed by atoms with Crippen LogP contribution >= 0.6 is 22.9 Å². The minimum atomic E-state index is -3.22. The first kappa shape index (κ1) is 20.6. The number of nitrogens with one attached hydrogen (secondary N) is 1. The van der Waals surface area contributed by atoms with Crippen molar-refractivity contribution < 1.29 is 27.5 Å². The second-order valence-corrected chi connectivity index (χ2v) is 9.79. The molecular formula is C18H18ClNO6S2. The fourth-order valence-corrected chi connectivity index (χ4v) is 6.15. The van der Waals surface area contributed by atoms with E-state index in [2.05, 4.69) is 5.32 Å². The molecule has 3 rings (SSSR count). The van der Waals surface area contributed by atoms with Gasteiger partial charge in [0.05, 0.1) is 36.3 Å². The molecule has 1 aromatic carbocycles. The Kier molecular flexibility index (Phi) is 5.97. The van der Waals surface area contributed by atoms with Gasteiger partial charge in [0, 0.05) is 9.90 Å². The molecule has 0 aliphatic carbocycles. The van der Waals surface area contributed by atoms with Gasteiger partial charge < -0.3 is 14.8 Å². The number of esters is 1. The van der Waals surface area contributed by atoms with Gasteiger partial charge in [-0.15, -0.1) is 11.3 Å². The smallest absolute Gasteiger partial charge is 0.341 e. The predicted molar refractivity (Wildman–Crippen MR) is 107 cm³/mol. The van der Waals surface area contributed by atoms with E-state index in [4.69, 9.17) is 21.1 Å². The molecule has 1 N–H and O–H groups in total. The van der Waals surface area contributed by atoms with Crippen molar-refractivity contribution in [1.29, 1.82) is 0 Å². The average Bonchev–Trinajstić information content (AvgIpc) is 2.97. The number of methoxy groups -OCH3 is 1. The zero-order valence-electron chi connectivity index (χ0n) is 15.2. The maximum Gasteiger partial charge on any atom is 0.341 e. The molecule has 0 saturated heterocycles. The SMILES string of the molecule is CCOC(=O)c1c(NC(=O)c2ccc(Cl)cc2OC)sc2c1CCS(=O)(=O)C2. The summed E-state index contributed by atoms with van der Waals surface area (Å²) in [5.41, 5.74) is 1.08. The highest BCUT2D eigenvalue weighted by molar-refractivity contribution is 7.90. The van der Waals surface area contributed by atoms with Crippen LogP contribution in [0.3, 0.4) is 0 Å². The molecular weight excluding hydrogens is 426 g/mol. The van der Waals surface area contributed by atoms with E-state index >= 15 is 0 Å². The Balaban J connectivity index is 2.01. The number of anilines is 1. The number of hydrogen-bond donors (Lipinski definition) is 1. The summed E-state index contributed by atoms with van der Waals surface area (Å²) in [7, 11) is -1.80. The molecule has 0 spiro atoms. The number of benzene rings is 1. The van der Waals surface area contributed by atoms with Crippen LogP contribution < -0.4 is 10.1 Å². The minimum absolute atomic E-state index is 0.0401. The first-order valence-electron chi connectivity index (χ1n) is 8.42. The lowest BCUT2D eigenvalue weighted by Gasteiger charge is -2.13. The molecule has 0 unspecified atom stereocenters. The molecule has 0 radical (unpaired) electrons. The summed E-state index contributed by atoms with van der Waals surface area (Å²) in [6.45, 7) is 1.85. The third-order valence-corrected chi connectivity index (χ3v) is 7.34. The second-order valence-electron chi connectivity index (χ2n) is 6.07. The Morgan fingerprint density at radius 3 is 2.75 bits per heavy atom. The van der Waals surface area contributed by atoms with Crippen molar-refractivity contribution in [3.63, 3.8) is 0 Å². The molecule has 10 heteroatoms. The molecule has 2 heterocycles. The highest BCUT2D eigenvalue weighted by Crippen LogP contribution is 2.39. The van der Waals surface area contributed by atoms with E-state index in [0.29, 0.717) is 15.5 Å². The lowest BCUT2D eigenvalue weighted by molar-refractivity contribution is 0.0527. The van der Waals surface area contributed by atoms with Gasteiger partial charge in [0.15, 0.2) is 9.84 Å². The third kappa shape index (κ3) is 4.16. The van der Waals surface area contributed by atoms with Crippen LogP contribution in [0.4, 0.5) is 5.00 Å². The van der Waals surface area contributed by atoms with Crippen molar-refractivity contribution in [3.05, 3.63) is 44.8 Å². The van der Waals surface area contributed by atoms with Gasteiger partial charge in [0.2, 0.25) is 0 Å². The number of halogens is 1. The molecule has 0 saturated carbocycles. The minimum Gasteiger partial charge on any atom is -0.496 e. The van der Waals surface area contributed by atoms with Crippen LogP contribution in [0.25, 0.3) is 0 Å². The monoisotopic (exact) mass is 443 g/mol. The fraction of sp³-hybridized carbons (Fsp3) is 0.333. The Morgan fingerprint density at radius 1 is 1.32 bits per heavy atom. The van der Waals surface area contributed by atoms with Gasteiger partial charge in [-0.25, -0.2) is 13.2 Å². The molecule has 1 aliphatic heterocycles. The normalized spacial score (nSPS) is 14.8. The summed E-state index contributed by atoms with van der Waals surface area (Å²) in [6, 6.07) is 4.57. The lowest BCUT2D eigenvalue weighted by atomic mass is 10.1. The summed E-state index contributed by atoms with van der Waals surface area (Å²) in [5, 5.41) is 3.39. The van der Waals surface area contributed by atoms with E-state index in [9.17, 15) is 18.0 Å². The van der Waals surface area contributed by atoms with Crippen molar-refractivity contribution in [3.8, 4) is 5.75 Å². The van der Waals surface area contributed by atoms with Crippen LogP contribution in [0.5, 0.6) is 5.75 Å². The summed E-state index contributed by atoms with van der Waals surface area (Å²) >= 11 is 7.01. The van der Waals surface area contributed by atoms with Crippen LogP contribution in [0, 0.1) is 0 Å². The number of ether oxygens (including phenoxy) is 2. The summed E-state index contributed by atoms with van der Waals surface area (Å²) < 4.78 is 34.2. The summed E-state index contributed by atoms with van der Waals surface area (Å²) in [4.78, 5) is 25.8. The number of fused-ring (bicyclic) bond motifs is 1. The van der Waals surface area contributed by atoms with Crippen molar-refractivity contribution in [2.45, 2.75) is 19.1 Å². The van der Waals surface area contributed by atoms with Gasteiger partial charge in [0.1, 0.15) is 10.8 Å². The first-order chi connectivity index (χ1) is 13.3. The molecule has 0 fully saturated rings. The van der Waals surface area contributed by atoms with Crippen molar-refractivity contribution in [2.24, 2.45) is 0 Å². The van der Waals surface area contributed by atoms with E-state index in [0.717, 1.165) is 11.3 Å². The van der Waals surface area contributed by atoms with Crippen molar-refractivity contribution in [1.82, 2.24) is 0 Å². The van der Waals surface area contributed by atoms with Crippen molar-refractivity contribution in [2.75, 3.05) is 24.8 Å². The predicted octanol–water partition coefficient (Wildman–Crippen LogP) is 3.31. The molecule has 0 bridgehead atoms. The maximum atomic E-state index is 12.8. The van der Waals surface area contributed by atoms with Crippen LogP contribution in [0.2, 0.25) is 5.02 Å². The second kappa shape index (κ2) is 8.10. The van der Waals surface area contributed by atoms with Crippen LogP contribution in [0.1, 0.15) is 38.1 Å². The van der Waals surface area contributed by atoms with Gasteiger partial charge >= 0.3 is 5.97 Å². The standard InChI is InChI=1S/C18H18ClNO6S2/c1-3-26-18(22)15-12-6-7-28(23,24)9-14(12)27-17(15)20-16(21)11-5-4-10(19)8-13(11)25-2/h4-5,8H,3,6-7,9H2,1-2H3,(H,20,21). The zero-order chi connectivity index (χ0) is 20.5. The van der Waals surface area contributed by atoms with E-state index in [1.165, 1.54) is 19.2 Å². The largest absolute Gasteiger partial charge is 0.496 e. The van der Waals surface area contributed by atoms with Gasteiger partial charge in [-0.3, -0.25) is 4.79 Å². The number of hydrogen-bond acceptors (Lipinski definition) is 7. The highest BCUT2D eigenvalue weighted by atomic mass is 35.5. The number of carbonyl (C=O) groups is 2. The van der Waals surface area contributed by atoms with E-state index in [-0.39, 0.29) is 46.4 Å². The van der Waals surface area contributed by atoms with E-state index < -0.39 is 21.7 Å². The molecule has 0 atom stereocenters. The molecule has 1 amide bonds. The van der Waals surface area contributed by atoms with Crippen LogP contribution in [-0.2, 0) is 26.7 Å². The Morgan fingerprint density at radius 2 is 2.07 bits per heavy atom. The highest BCUT2D eigenvalue weighted by Gasteiger charge is 2.32. The van der Waals surface area contributed by atoms with E-state index in [1.807, 2.05) is 0 Å². The molecule has 1 aromatic heterocycles. The number of thiophene rings is 1. The van der Waals surface area contributed by atoms with E-state index in [1.54, 1.807) is 13.0 Å². The van der Waals surface area contributed by atoms with Gasteiger partial charge in [-0.1, -0.05) is 11.6 Å².